The summed E-state index contributed by atoms with van der Waals surface area (Å²) in [6.45, 7) is 7.91. The molecule has 33 heavy (non-hydrogen) atoms. The molecular weight excluding hydrogens is 454 g/mol. The molecule has 1 amide bonds. The third-order valence-corrected chi connectivity index (χ3v) is 13.5. The molecule has 2 heterocycles. The lowest BCUT2D eigenvalue weighted by atomic mass is 9.45. The molecule has 0 bridgehead atoms. The molecule has 0 aromatic rings. The molecule has 0 radical (unpaired) electrons. The molecule has 6 rings (SSSR count). The number of nitrogens with zero attached hydrogens (tertiary/aromatic N) is 1. The van der Waals surface area contributed by atoms with Gasteiger partial charge in [0, 0.05) is 45.4 Å². The van der Waals surface area contributed by atoms with Crippen LogP contribution in [0.15, 0.2) is 23.8 Å². The number of aliphatic hydroxyl groups excluding tert-OH is 1. The normalized spacial score (nSPS) is 52.8. The average Bonchev–Trinajstić information content (AvgIpc) is 3.42. The Hall–Kier alpha value is -0.760. The largest absolute Gasteiger partial charge is 0.393 e. The van der Waals surface area contributed by atoms with Gasteiger partial charge in [-0.3, -0.25) is 9.59 Å². The summed E-state index contributed by atoms with van der Waals surface area (Å²) < 4.78 is 0. The summed E-state index contributed by atoms with van der Waals surface area (Å²) in [6.07, 6.45) is 7.49. The molecule has 2 aliphatic heterocycles. The smallest absolute Gasteiger partial charge is 0.255 e. The maximum atomic E-state index is 13.8. The number of thioether (sulfide) groups is 2. The van der Waals surface area contributed by atoms with Crippen LogP contribution in [0.1, 0.15) is 46.5 Å². The number of carbonyl (C=O) groups is 2. The standard InChI is InChI=1S/C26H35NO4S2/c1-14-8-16-17-5-7-26(31,23(30)27-11-20-21(12-27)33-13-32-20)25(17,3)10-19(29)22(16)24(2)6-4-15(28)9-18(14)24/h4,6,9,14,16-17,19-22,29,31H,5,7-8,10-13H2,1-3H3/t14-,16-,17-,19-,20-,21?,22+,24-,25-,26-/m0/s1. The highest BCUT2D eigenvalue weighted by Gasteiger charge is 2.69. The third-order valence-electron chi connectivity index (χ3n) is 10.4. The molecule has 0 aromatic carbocycles. The van der Waals surface area contributed by atoms with E-state index in [1.165, 1.54) is 0 Å². The molecule has 5 nitrogen and oxygen atoms in total. The number of hydrogen-bond acceptors (Lipinski definition) is 6. The molecule has 0 spiro atoms. The van der Waals surface area contributed by atoms with Crippen molar-refractivity contribution in [3.05, 3.63) is 23.8 Å². The van der Waals surface area contributed by atoms with Gasteiger partial charge in [0.15, 0.2) is 5.78 Å². The number of likely N-dealkylation sites (tertiary alicyclic amines) is 1. The highest BCUT2D eigenvalue weighted by molar-refractivity contribution is 8.19. The van der Waals surface area contributed by atoms with Crippen molar-refractivity contribution < 1.29 is 19.8 Å². The Bertz CT molecular complexity index is 954. The first kappa shape index (κ1) is 22.7. The molecule has 2 N–H and O–H groups in total. The summed E-state index contributed by atoms with van der Waals surface area (Å²) in [5.41, 5.74) is -1.24. The van der Waals surface area contributed by atoms with Gasteiger partial charge in [0.25, 0.3) is 5.91 Å². The zero-order valence-electron chi connectivity index (χ0n) is 19.7. The van der Waals surface area contributed by atoms with Crippen LogP contribution in [0.3, 0.4) is 0 Å². The van der Waals surface area contributed by atoms with Gasteiger partial charge in [0.1, 0.15) is 5.60 Å². The van der Waals surface area contributed by atoms with Crippen LogP contribution in [0.25, 0.3) is 0 Å². The van der Waals surface area contributed by atoms with E-state index in [0.717, 1.165) is 36.6 Å². The van der Waals surface area contributed by atoms with Gasteiger partial charge >= 0.3 is 0 Å². The van der Waals surface area contributed by atoms with E-state index in [2.05, 4.69) is 20.8 Å². The van der Waals surface area contributed by atoms with Crippen LogP contribution in [0.4, 0.5) is 0 Å². The summed E-state index contributed by atoms with van der Waals surface area (Å²) in [5.74, 6) is 0.607. The molecule has 2 saturated heterocycles. The maximum absolute atomic E-state index is 13.8. The second-order valence-electron chi connectivity index (χ2n) is 11.9. The minimum absolute atomic E-state index is 0.0128. The van der Waals surface area contributed by atoms with Gasteiger partial charge in [-0.05, 0) is 55.6 Å². The highest BCUT2D eigenvalue weighted by atomic mass is 32.2. The van der Waals surface area contributed by atoms with Gasteiger partial charge in [-0.1, -0.05) is 32.4 Å². The Morgan fingerprint density at radius 3 is 2.61 bits per heavy atom. The number of amides is 1. The number of fused-ring (bicyclic) bond motifs is 6. The van der Waals surface area contributed by atoms with Crippen molar-refractivity contribution in [2.45, 2.75) is 68.7 Å². The first-order valence-electron chi connectivity index (χ1n) is 12.5. The Morgan fingerprint density at radius 2 is 1.91 bits per heavy atom. The summed E-state index contributed by atoms with van der Waals surface area (Å²) in [5, 5.41) is 25.7. The van der Waals surface area contributed by atoms with Crippen LogP contribution in [-0.2, 0) is 9.59 Å². The van der Waals surface area contributed by atoms with E-state index >= 15 is 0 Å². The van der Waals surface area contributed by atoms with E-state index in [4.69, 9.17) is 0 Å². The molecule has 3 saturated carbocycles. The van der Waals surface area contributed by atoms with E-state index < -0.39 is 17.1 Å². The molecule has 6 aliphatic rings. The fourth-order valence-electron chi connectivity index (χ4n) is 8.81. The number of hydrogen-bond donors (Lipinski definition) is 2. The van der Waals surface area contributed by atoms with E-state index in [0.29, 0.717) is 23.3 Å². The fraction of sp³-hybridized carbons (Fsp3) is 0.769. The molecule has 4 aliphatic carbocycles. The van der Waals surface area contributed by atoms with E-state index in [9.17, 15) is 19.8 Å². The number of carbonyl (C=O) groups excluding carboxylic acids is 2. The van der Waals surface area contributed by atoms with Gasteiger partial charge in [0.2, 0.25) is 0 Å². The predicted octanol–water partition coefficient (Wildman–Crippen LogP) is 3.26. The summed E-state index contributed by atoms with van der Waals surface area (Å²) in [4.78, 5) is 27.9. The minimum Gasteiger partial charge on any atom is -0.393 e. The molecular formula is C26H35NO4S2. The second-order valence-corrected chi connectivity index (χ2v) is 14.7. The zero-order chi connectivity index (χ0) is 23.3. The lowest BCUT2D eigenvalue weighted by Gasteiger charge is -2.60. The van der Waals surface area contributed by atoms with Crippen molar-refractivity contribution in [3.8, 4) is 0 Å². The third kappa shape index (κ3) is 2.94. The minimum atomic E-state index is -1.41. The van der Waals surface area contributed by atoms with Crippen molar-refractivity contribution in [1.82, 2.24) is 4.90 Å². The van der Waals surface area contributed by atoms with Crippen molar-refractivity contribution in [2.24, 2.45) is 34.5 Å². The summed E-state index contributed by atoms with van der Waals surface area (Å²) >= 11 is 3.87. The lowest BCUT2D eigenvalue weighted by Crippen LogP contribution is -2.63. The number of ketones is 1. The first-order valence-corrected chi connectivity index (χ1v) is 14.6. The quantitative estimate of drug-likeness (QED) is 0.589. The van der Waals surface area contributed by atoms with Crippen molar-refractivity contribution in [3.63, 3.8) is 0 Å². The van der Waals surface area contributed by atoms with Crippen LogP contribution in [0, 0.1) is 34.5 Å². The SMILES string of the molecule is C[C@H]1C[C@@H]2[C@H]([C@@H](O)C[C@@]3(C)[C@H]2CC[C@]3(O)C(=O)N2CC3SCS[C@H]3C2)[C@@]2(C)C=CC(=O)C=C12. The van der Waals surface area contributed by atoms with E-state index in [-0.39, 0.29) is 40.8 Å². The van der Waals surface area contributed by atoms with Gasteiger partial charge in [-0.2, -0.15) is 0 Å². The lowest BCUT2D eigenvalue weighted by molar-refractivity contribution is -0.187. The Balaban J connectivity index is 1.32. The van der Waals surface area contributed by atoms with Crippen LogP contribution >= 0.6 is 23.5 Å². The van der Waals surface area contributed by atoms with Crippen molar-refractivity contribution in [1.29, 1.82) is 0 Å². The van der Waals surface area contributed by atoms with Crippen LogP contribution < -0.4 is 0 Å². The Kier molecular flexibility index (Phi) is 5.07. The summed E-state index contributed by atoms with van der Waals surface area (Å²) in [7, 11) is 0. The zero-order valence-corrected chi connectivity index (χ0v) is 21.3. The second kappa shape index (κ2) is 7.37. The fourth-order valence-corrected chi connectivity index (χ4v) is 12.2. The Labute approximate surface area is 204 Å². The maximum Gasteiger partial charge on any atom is 0.255 e. The topological polar surface area (TPSA) is 77.8 Å². The average molecular weight is 490 g/mol. The molecule has 7 heteroatoms. The molecule has 1 unspecified atom stereocenters. The van der Waals surface area contributed by atoms with Gasteiger partial charge in [0.05, 0.1) is 6.10 Å². The number of allylic oxidation sites excluding steroid dienone is 4. The van der Waals surface area contributed by atoms with Gasteiger partial charge in [-0.15, -0.1) is 23.5 Å². The van der Waals surface area contributed by atoms with Crippen LogP contribution in [0.5, 0.6) is 0 Å². The molecule has 180 valence electrons. The van der Waals surface area contributed by atoms with Crippen LogP contribution in [0.2, 0.25) is 0 Å². The molecule has 5 fully saturated rings. The predicted molar refractivity (Wildman–Crippen MR) is 132 cm³/mol. The van der Waals surface area contributed by atoms with Crippen molar-refractivity contribution >= 4 is 35.2 Å². The van der Waals surface area contributed by atoms with Crippen molar-refractivity contribution in [2.75, 3.05) is 18.2 Å². The molecule has 0 aromatic heterocycles. The monoisotopic (exact) mass is 489 g/mol. The van der Waals surface area contributed by atoms with Crippen LogP contribution in [-0.4, -0.2) is 67.2 Å². The van der Waals surface area contributed by atoms with Gasteiger partial charge in [-0.25, -0.2) is 0 Å². The van der Waals surface area contributed by atoms with E-state index in [1.54, 1.807) is 12.2 Å². The van der Waals surface area contributed by atoms with Gasteiger partial charge < -0.3 is 15.1 Å². The summed E-state index contributed by atoms with van der Waals surface area (Å²) in [6, 6.07) is 0. The Morgan fingerprint density at radius 1 is 1.21 bits per heavy atom. The highest BCUT2D eigenvalue weighted by Crippen LogP contribution is 2.68. The van der Waals surface area contributed by atoms with E-state index in [1.807, 2.05) is 34.5 Å². The molecule has 10 atom stereocenters. The first-order chi connectivity index (χ1) is 15.6. The number of rotatable bonds is 1. The number of aliphatic hydroxyl groups is 2.